The fourth-order valence-corrected chi connectivity index (χ4v) is 2.65. The monoisotopic (exact) mass is 275 g/mol. The fourth-order valence-electron chi connectivity index (χ4n) is 2.65. The molecule has 3 rings (SSSR count). The van der Waals surface area contributed by atoms with Gasteiger partial charge >= 0.3 is 5.97 Å². The molecule has 1 unspecified atom stereocenters. The highest BCUT2D eigenvalue weighted by Gasteiger charge is 2.54. The van der Waals surface area contributed by atoms with Crippen molar-refractivity contribution in [3.8, 4) is 5.75 Å². The molecule has 4 nitrogen and oxygen atoms in total. The Morgan fingerprint density at radius 3 is 2.60 bits per heavy atom. The number of carbonyl (C=O) groups is 1. The molecule has 2 saturated carbocycles. The van der Waals surface area contributed by atoms with E-state index in [9.17, 15) is 9.90 Å². The topological polar surface area (TPSA) is 58.6 Å². The van der Waals surface area contributed by atoms with Gasteiger partial charge in [0.15, 0.2) is 5.54 Å². The molecule has 0 amide bonds. The average molecular weight is 275 g/mol. The second-order valence-electron chi connectivity index (χ2n) is 6.02. The van der Waals surface area contributed by atoms with E-state index < -0.39 is 11.5 Å². The lowest BCUT2D eigenvalue weighted by molar-refractivity contribution is -0.147. The molecule has 2 aliphatic carbocycles. The third-order valence-electron chi connectivity index (χ3n) is 4.24. The van der Waals surface area contributed by atoms with Crippen molar-refractivity contribution >= 4 is 5.97 Å². The maximum Gasteiger partial charge on any atom is 0.327 e. The van der Waals surface area contributed by atoms with Crippen molar-refractivity contribution in [1.82, 2.24) is 5.32 Å². The van der Waals surface area contributed by atoms with Gasteiger partial charge in [0.2, 0.25) is 0 Å². The van der Waals surface area contributed by atoms with E-state index in [1.54, 1.807) is 0 Å². The number of benzene rings is 1. The summed E-state index contributed by atoms with van der Waals surface area (Å²) in [5.41, 5.74) is 0.123. The summed E-state index contributed by atoms with van der Waals surface area (Å²) in [6, 6.07) is 8.09. The third kappa shape index (κ3) is 2.66. The van der Waals surface area contributed by atoms with Crippen LogP contribution in [0.1, 0.15) is 31.2 Å². The van der Waals surface area contributed by atoms with Gasteiger partial charge < -0.3 is 9.84 Å². The summed E-state index contributed by atoms with van der Waals surface area (Å²) < 4.78 is 5.85. The van der Waals surface area contributed by atoms with Gasteiger partial charge in [-0.1, -0.05) is 18.2 Å². The highest BCUT2D eigenvalue weighted by atomic mass is 16.5. The Bertz CT molecular complexity index is 508. The maximum absolute atomic E-state index is 11.8. The number of carboxylic acid groups (broad SMARTS) is 1. The molecule has 0 radical (unpaired) electrons. The van der Waals surface area contributed by atoms with Crippen LogP contribution in [-0.4, -0.2) is 29.3 Å². The fraction of sp³-hybridized carbons (Fsp3) is 0.562. The minimum atomic E-state index is -0.913. The summed E-state index contributed by atoms with van der Waals surface area (Å²) in [4.78, 5) is 11.8. The second kappa shape index (κ2) is 5.09. The van der Waals surface area contributed by atoms with E-state index in [1.807, 2.05) is 31.2 Å². The van der Waals surface area contributed by atoms with Crippen LogP contribution in [0.15, 0.2) is 24.3 Å². The Morgan fingerprint density at radius 1 is 1.35 bits per heavy atom. The lowest BCUT2D eigenvalue weighted by atomic mass is 9.94. The molecule has 2 fully saturated rings. The number of hydrogen-bond acceptors (Lipinski definition) is 3. The predicted octanol–water partition coefficient (Wildman–Crippen LogP) is 2.36. The summed E-state index contributed by atoms with van der Waals surface area (Å²) in [5, 5.41) is 13.0. The zero-order valence-corrected chi connectivity index (χ0v) is 11.8. The van der Waals surface area contributed by atoms with E-state index in [4.69, 9.17) is 4.74 Å². The number of hydrogen-bond donors (Lipinski definition) is 2. The standard InChI is InChI=1S/C16H21NO3/c1-11-4-2-3-5-14(11)20-10-16(15(18)19,12-6-7-12)17-13-8-9-13/h2-5,12-13,17H,6-10H2,1H3,(H,18,19). The van der Waals surface area contributed by atoms with Gasteiger partial charge in [-0.25, -0.2) is 0 Å². The molecule has 0 heterocycles. The Balaban J connectivity index is 1.75. The predicted molar refractivity (Wildman–Crippen MR) is 75.9 cm³/mol. The van der Waals surface area contributed by atoms with Crippen molar-refractivity contribution < 1.29 is 14.6 Å². The van der Waals surface area contributed by atoms with Crippen LogP contribution in [0.2, 0.25) is 0 Å². The van der Waals surface area contributed by atoms with E-state index in [-0.39, 0.29) is 12.5 Å². The molecule has 1 atom stereocenters. The smallest absolute Gasteiger partial charge is 0.327 e. The summed E-state index contributed by atoms with van der Waals surface area (Å²) in [6.07, 6.45) is 4.10. The highest BCUT2D eigenvalue weighted by molar-refractivity contribution is 5.80. The van der Waals surface area contributed by atoms with Crippen molar-refractivity contribution in [2.75, 3.05) is 6.61 Å². The van der Waals surface area contributed by atoms with Gasteiger partial charge in [0.25, 0.3) is 0 Å². The van der Waals surface area contributed by atoms with Crippen LogP contribution in [0.4, 0.5) is 0 Å². The van der Waals surface area contributed by atoms with E-state index in [1.165, 1.54) is 0 Å². The van der Waals surface area contributed by atoms with Gasteiger partial charge in [-0.3, -0.25) is 10.1 Å². The number of rotatable bonds is 7. The average Bonchev–Trinajstić information content (AvgIpc) is 3.27. The molecule has 0 aliphatic heterocycles. The SMILES string of the molecule is Cc1ccccc1OCC(NC1CC1)(C(=O)O)C1CC1. The van der Waals surface area contributed by atoms with Gasteiger partial charge in [0, 0.05) is 6.04 Å². The number of aliphatic carboxylic acids is 1. The molecule has 20 heavy (non-hydrogen) atoms. The summed E-state index contributed by atoms with van der Waals surface area (Å²) in [5.74, 6) is 0.196. The molecule has 2 N–H and O–H groups in total. The van der Waals surface area contributed by atoms with Gasteiger partial charge in [-0.05, 0) is 50.2 Å². The van der Waals surface area contributed by atoms with E-state index in [2.05, 4.69) is 5.32 Å². The Kier molecular flexibility index (Phi) is 3.42. The summed E-state index contributed by atoms with van der Waals surface area (Å²) in [7, 11) is 0. The lowest BCUT2D eigenvalue weighted by Gasteiger charge is -2.31. The molecule has 4 heteroatoms. The minimum Gasteiger partial charge on any atom is -0.491 e. The first-order valence-corrected chi connectivity index (χ1v) is 7.31. The van der Waals surface area contributed by atoms with Gasteiger partial charge in [-0.2, -0.15) is 0 Å². The summed E-state index contributed by atoms with van der Waals surface area (Å²) >= 11 is 0. The molecule has 108 valence electrons. The number of nitrogens with one attached hydrogen (secondary N) is 1. The van der Waals surface area contributed by atoms with E-state index in [0.717, 1.165) is 37.0 Å². The van der Waals surface area contributed by atoms with Crippen LogP contribution < -0.4 is 10.1 Å². The molecule has 2 aliphatic rings. The maximum atomic E-state index is 11.8. The molecule has 0 bridgehead atoms. The van der Waals surface area contributed by atoms with Crippen molar-refractivity contribution in [3.05, 3.63) is 29.8 Å². The van der Waals surface area contributed by atoms with Gasteiger partial charge in [0.05, 0.1) is 0 Å². The molecule has 0 aromatic heterocycles. The lowest BCUT2D eigenvalue weighted by Crippen LogP contribution is -2.59. The van der Waals surface area contributed by atoms with Crippen LogP contribution in [0.3, 0.4) is 0 Å². The first-order valence-electron chi connectivity index (χ1n) is 7.31. The molecular formula is C16H21NO3. The number of carboxylic acids is 1. The van der Waals surface area contributed by atoms with Crippen molar-refractivity contribution in [2.45, 2.75) is 44.2 Å². The van der Waals surface area contributed by atoms with Crippen molar-refractivity contribution in [2.24, 2.45) is 5.92 Å². The van der Waals surface area contributed by atoms with Crippen molar-refractivity contribution in [1.29, 1.82) is 0 Å². The number of ether oxygens (including phenoxy) is 1. The molecule has 1 aromatic rings. The molecule has 0 saturated heterocycles. The Hall–Kier alpha value is -1.55. The van der Waals surface area contributed by atoms with E-state index in [0.29, 0.717) is 6.04 Å². The van der Waals surface area contributed by atoms with Crippen LogP contribution in [-0.2, 0) is 4.79 Å². The van der Waals surface area contributed by atoms with Crippen LogP contribution in [0.5, 0.6) is 5.75 Å². The summed E-state index contributed by atoms with van der Waals surface area (Å²) in [6.45, 7) is 2.18. The van der Waals surface area contributed by atoms with Crippen LogP contribution >= 0.6 is 0 Å². The normalized spacial score (nSPS) is 21.2. The Labute approximate surface area is 119 Å². The first kappa shape index (κ1) is 13.4. The number of aryl methyl sites for hydroxylation is 1. The van der Waals surface area contributed by atoms with Crippen molar-refractivity contribution in [3.63, 3.8) is 0 Å². The number of para-hydroxylation sites is 1. The molecule has 0 spiro atoms. The first-order chi connectivity index (χ1) is 9.62. The minimum absolute atomic E-state index is 0.199. The van der Waals surface area contributed by atoms with Crippen LogP contribution in [0.25, 0.3) is 0 Å². The van der Waals surface area contributed by atoms with Crippen LogP contribution in [0, 0.1) is 12.8 Å². The van der Waals surface area contributed by atoms with Gasteiger partial charge in [-0.15, -0.1) is 0 Å². The van der Waals surface area contributed by atoms with E-state index >= 15 is 0 Å². The second-order valence-corrected chi connectivity index (χ2v) is 6.02. The largest absolute Gasteiger partial charge is 0.491 e. The Morgan fingerprint density at radius 2 is 2.05 bits per heavy atom. The molecule has 1 aromatic carbocycles. The highest BCUT2D eigenvalue weighted by Crippen LogP contribution is 2.42. The van der Waals surface area contributed by atoms with Gasteiger partial charge in [0.1, 0.15) is 12.4 Å². The zero-order valence-electron chi connectivity index (χ0n) is 11.8. The molecular weight excluding hydrogens is 254 g/mol. The zero-order chi connectivity index (χ0) is 14.2. The quantitative estimate of drug-likeness (QED) is 0.802. The third-order valence-corrected chi connectivity index (χ3v) is 4.24.